The number of rotatable bonds is 5. The van der Waals surface area contributed by atoms with Gasteiger partial charge in [-0.2, -0.15) is 4.31 Å². The van der Waals surface area contributed by atoms with Crippen molar-refractivity contribution in [3.63, 3.8) is 0 Å². The van der Waals surface area contributed by atoms with Crippen LogP contribution in [0.2, 0.25) is 0 Å². The fraction of sp³-hybridized carbons (Fsp3) is 0.458. The Balaban J connectivity index is 1.35. The summed E-state index contributed by atoms with van der Waals surface area (Å²) in [6.45, 7) is 6.72. The average Bonchev–Trinajstić information content (AvgIpc) is 3.11. The number of amides is 1. The van der Waals surface area contributed by atoms with Gasteiger partial charge < -0.3 is 10.6 Å². The molecule has 9 nitrogen and oxygen atoms in total. The number of aromatic nitrogens is 2. The van der Waals surface area contributed by atoms with Gasteiger partial charge in [0.05, 0.1) is 10.6 Å². The van der Waals surface area contributed by atoms with Gasteiger partial charge in [-0.1, -0.05) is 6.42 Å². The predicted molar refractivity (Wildman–Crippen MR) is 130 cm³/mol. The van der Waals surface area contributed by atoms with Gasteiger partial charge in [0.2, 0.25) is 21.9 Å². The lowest BCUT2D eigenvalue weighted by molar-refractivity contribution is -0.127. The molecule has 2 unspecified atom stereocenters. The van der Waals surface area contributed by atoms with Gasteiger partial charge in [-0.05, 0) is 68.2 Å². The Hall–Kier alpha value is -2.82. The summed E-state index contributed by atoms with van der Waals surface area (Å²) in [6.07, 6.45) is 4.59. The third-order valence-electron chi connectivity index (χ3n) is 6.99. The van der Waals surface area contributed by atoms with Gasteiger partial charge >= 0.3 is 0 Å². The fourth-order valence-corrected chi connectivity index (χ4v) is 6.79. The van der Waals surface area contributed by atoms with Crippen LogP contribution in [0.3, 0.4) is 0 Å². The van der Waals surface area contributed by atoms with Gasteiger partial charge in [-0.15, -0.1) is 0 Å². The second kappa shape index (κ2) is 9.09. The highest BCUT2D eigenvalue weighted by atomic mass is 32.2. The van der Waals surface area contributed by atoms with Crippen molar-refractivity contribution < 1.29 is 13.2 Å². The van der Waals surface area contributed by atoms with Crippen molar-refractivity contribution in [3.05, 3.63) is 47.8 Å². The number of anilines is 2. The summed E-state index contributed by atoms with van der Waals surface area (Å²) in [6, 6.07) is 8.42. The third-order valence-corrected chi connectivity index (χ3v) is 8.91. The second-order valence-corrected chi connectivity index (χ2v) is 11.0. The first-order chi connectivity index (χ1) is 16.4. The molecule has 0 bridgehead atoms. The Labute approximate surface area is 200 Å². The molecule has 3 aliphatic rings. The average molecular weight is 483 g/mol. The van der Waals surface area contributed by atoms with E-state index in [1.807, 2.05) is 13.0 Å². The molecular weight excluding hydrogens is 452 g/mol. The monoisotopic (exact) mass is 482 g/mol. The molecule has 0 spiro atoms. The summed E-state index contributed by atoms with van der Waals surface area (Å²) in [7, 11) is -3.47. The second-order valence-electron chi connectivity index (χ2n) is 9.08. The van der Waals surface area contributed by atoms with Crippen molar-refractivity contribution in [1.29, 1.82) is 0 Å². The smallest absolute Gasteiger partial charge is 0.243 e. The Bertz CT molecular complexity index is 1220. The van der Waals surface area contributed by atoms with E-state index in [9.17, 15) is 13.2 Å². The van der Waals surface area contributed by atoms with Crippen LogP contribution >= 0.6 is 0 Å². The number of hydrogen-bond donors (Lipinski definition) is 2. The quantitative estimate of drug-likeness (QED) is 0.674. The molecule has 5 rings (SSSR count). The first-order valence-corrected chi connectivity index (χ1v) is 13.2. The molecule has 10 heteroatoms. The van der Waals surface area contributed by atoms with E-state index in [2.05, 4.69) is 27.4 Å². The maximum absolute atomic E-state index is 12.9. The summed E-state index contributed by atoms with van der Waals surface area (Å²) in [4.78, 5) is 24.0. The highest BCUT2D eigenvalue weighted by Gasteiger charge is 2.42. The van der Waals surface area contributed by atoms with Crippen LogP contribution in [0.25, 0.3) is 5.57 Å². The summed E-state index contributed by atoms with van der Waals surface area (Å²) in [5.41, 5.74) is 3.56. The van der Waals surface area contributed by atoms with Crippen LogP contribution in [0.15, 0.2) is 47.0 Å². The zero-order chi connectivity index (χ0) is 23.9. The summed E-state index contributed by atoms with van der Waals surface area (Å²) in [5.74, 6) is 0.462. The molecular formula is C24H30N6O3S. The van der Waals surface area contributed by atoms with Gasteiger partial charge in [-0.3, -0.25) is 9.69 Å². The maximum Gasteiger partial charge on any atom is 0.243 e. The Morgan fingerprint density at radius 1 is 1.06 bits per heavy atom. The van der Waals surface area contributed by atoms with E-state index in [4.69, 9.17) is 4.98 Å². The topological polar surface area (TPSA) is 108 Å². The number of carbonyl (C=O) groups excluding carboxylic acids is 1. The fourth-order valence-electron chi connectivity index (χ4n) is 5.27. The standard InChI is InChI=1S/C24H30N6O3S/c1-16-21(17(2)30-15-12-25-23(31)22(16)30)20-10-11-26-24(28-20)27-18-6-8-19(9-7-18)34(32,33)29-13-4-3-5-14-29/h6-11,17,22H,3-5,12-15H2,1-2H3,(H,25,31)(H,26,27,28). The van der Waals surface area contributed by atoms with Crippen molar-refractivity contribution in [1.82, 2.24) is 24.5 Å². The summed E-state index contributed by atoms with van der Waals surface area (Å²) >= 11 is 0. The van der Waals surface area contributed by atoms with Crippen LogP contribution in [-0.4, -0.2) is 71.8 Å². The molecule has 2 fully saturated rings. The van der Waals surface area contributed by atoms with Crippen LogP contribution in [0.5, 0.6) is 0 Å². The molecule has 1 aromatic carbocycles. The lowest BCUT2D eigenvalue weighted by atomic mass is 10.0. The van der Waals surface area contributed by atoms with Gasteiger partial charge in [0.25, 0.3) is 0 Å². The van der Waals surface area contributed by atoms with Gasteiger partial charge in [0, 0.05) is 44.1 Å². The molecule has 0 radical (unpaired) electrons. The number of hydrogen-bond acceptors (Lipinski definition) is 7. The lowest BCUT2D eigenvalue weighted by Gasteiger charge is -2.33. The number of benzene rings is 1. The van der Waals surface area contributed by atoms with Crippen LogP contribution in [0.1, 0.15) is 38.8 Å². The molecule has 3 aliphatic heterocycles. The van der Waals surface area contributed by atoms with Crippen LogP contribution in [-0.2, 0) is 14.8 Å². The normalized spacial score (nSPS) is 24.1. The van der Waals surface area contributed by atoms with Gasteiger partial charge in [0.15, 0.2) is 0 Å². The number of sulfonamides is 1. The minimum Gasteiger partial charge on any atom is -0.353 e. The molecule has 180 valence electrons. The minimum absolute atomic E-state index is 0.0394. The van der Waals surface area contributed by atoms with Gasteiger partial charge in [0.1, 0.15) is 6.04 Å². The molecule has 2 atom stereocenters. The molecule has 34 heavy (non-hydrogen) atoms. The molecule has 2 aromatic rings. The van der Waals surface area contributed by atoms with Crippen molar-refractivity contribution >= 4 is 33.1 Å². The highest BCUT2D eigenvalue weighted by Crippen LogP contribution is 2.37. The van der Waals surface area contributed by atoms with Crippen molar-refractivity contribution in [3.8, 4) is 0 Å². The van der Waals surface area contributed by atoms with Crippen molar-refractivity contribution in [2.24, 2.45) is 0 Å². The Morgan fingerprint density at radius 2 is 1.79 bits per heavy atom. The molecule has 0 aliphatic carbocycles. The van der Waals surface area contributed by atoms with Gasteiger partial charge in [-0.25, -0.2) is 18.4 Å². The summed E-state index contributed by atoms with van der Waals surface area (Å²) < 4.78 is 27.3. The number of piperidine rings is 1. The number of carbonyl (C=O) groups is 1. The number of nitrogens with one attached hydrogen (secondary N) is 2. The molecule has 2 saturated heterocycles. The first-order valence-electron chi connectivity index (χ1n) is 11.8. The van der Waals surface area contributed by atoms with E-state index < -0.39 is 10.0 Å². The Morgan fingerprint density at radius 3 is 2.50 bits per heavy atom. The predicted octanol–water partition coefficient (Wildman–Crippen LogP) is 2.37. The number of nitrogens with zero attached hydrogens (tertiary/aromatic N) is 4. The third kappa shape index (κ3) is 4.10. The van der Waals surface area contributed by atoms with E-state index in [-0.39, 0.29) is 18.0 Å². The molecule has 1 amide bonds. The first kappa shape index (κ1) is 22.9. The molecule has 4 heterocycles. The molecule has 2 N–H and O–H groups in total. The maximum atomic E-state index is 12.9. The van der Waals surface area contributed by atoms with Crippen LogP contribution in [0, 0.1) is 0 Å². The highest BCUT2D eigenvalue weighted by molar-refractivity contribution is 7.89. The van der Waals surface area contributed by atoms with E-state index in [1.54, 1.807) is 34.8 Å². The SMILES string of the molecule is CC1=C(c2ccnc(Nc3ccc(S(=O)(=O)N4CCCCC4)cc3)n2)C(C)N2CCNC(=O)C12. The molecule has 0 saturated carbocycles. The Kier molecular flexibility index (Phi) is 6.13. The van der Waals surface area contributed by atoms with Crippen molar-refractivity contribution in [2.45, 2.75) is 50.1 Å². The van der Waals surface area contributed by atoms with Crippen LogP contribution < -0.4 is 10.6 Å². The van der Waals surface area contributed by atoms with E-state index in [0.29, 0.717) is 36.2 Å². The van der Waals surface area contributed by atoms with Crippen LogP contribution in [0.4, 0.5) is 11.6 Å². The minimum atomic E-state index is -3.47. The lowest BCUT2D eigenvalue weighted by Crippen LogP contribution is -2.55. The largest absolute Gasteiger partial charge is 0.353 e. The zero-order valence-electron chi connectivity index (χ0n) is 19.5. The molecule has 1 aromatic heterocycles. The van der Waals surface area contributed by atoms with E-state index in [1.165, 1.54) is 0 Å². The number of piperazine rings is 1. The zero-order valence-corrected chi connectivity index (χ0v) is 20.3. The van der Waals surface area contributed by atoms with Crippen molar-refractivity contribution in [2.75, 3.05) is 31.5 Å². The van der Waals surface area contributed by atoms with E-state index >= 15 is 0 Å². The van der Waals surface area contributed by atoms with E-state index in [0.717, 1.165) is 42.6 Å². The number of fused-ring (bicyclic) bond motifs is 1. The summed E-state index contributed by atoms with van der Waals surface area (Å²) in [5, 5.41) is 6.13.